The number of nitrogens with two attached hydrogens (primary N) is 1. The maximum Gasteiger partial charge on any atom is 0.141 e. The summed E-state index contributed by atoms with van der Waals surface area (Å²) in [6.07, 6.45) is 0.793. The Morgan fingerprint density at radius 2 is 1.89 bits per heavy atom. The topological polar surface area (TPSA) is 35.2 Å². The summed E-state index contributed by atoms with van der Waals surface area (Å²) in [7, 11) is 0. The molecule has 0 unspecified atom stereocenters. The van der Waals surface area contributed by atoms with E-state index in [2.05, 4.69) is 15.9 Å². The molecular formula is C14H13BrClNO. The van der Waals surface area contributed by atoms with E-state index in [-0.39, 0.29) is 0 Å². The summed E-state index contributed by atoms with van der Waals surface area (Å²) in [5.41, 5.74) is 6.69. The molecule has 18 heavy (non-hydrogen) atoms. The van der Waals surface area contributed by atoms with Crippen LogP contribution < -0.4 is 10.5 Å². The number of benzene rings is 2. The number of hydrogen-bond acceptors (Lipinski definition) is 2. The monoisotopic (exact) mass is 325 g/mol. The van der Waals surface area contributed by atoms with Crippen LogP contribution in [0.25, 0.3) is 0 Å². The Kier molecular flexibility index (Phi) is 4.64. The van der Waals surface area contributed by atoms with E-state index >= 15 is 0 Å². The van der Waals surface area contributed by atoms with Crippen LogP contribution in [-0.4, -0.2) is 6.54 Å². The van der Waals surface area contributed by atoms with Crippen LogP contribution in [0.4, 0.5) is 0 Å². The van der Waals surface area contributed by atoms with Crippen LogP contribution in [0, 0.1) is 0 Å². The van der Waals surface area contributed by atoms with Gasteiger partial charge in [-0.15, -0.1) is 0 Å². The molecule has 2 rings (SSSR count). The summed E-state index contributed by atoms with van der Waals surface area (Å²) in [6.45, 7) is 0.599. The Morgan fingerprint density at radius 3 is 2.61 bits per heavy atom. The van der Waals surface area contributed by atoms with Gasteiger partial charge in [0.05, 0.1) is 4.47 Å². The van der Waals surface area contributed by atoms with E-state index < -0.39 is 0 Å². The van der Waals surface area contributed by atoms with Gasteiger partial charge in [-0.1, -0.05) is 29.8 Å². The molecule has 0 heterocycles. The van der Waals surface area contributed by atoms with Gasteiger partial charge in [0.15, 0.2) is 0 Å². The van der Waals surface area contributed by atoms with Crippen LogP contribution in [0.1, 0.15) is 5.56 Å². The van der Waals surface area contributed by atoms with Crippen molar-refractivity contribution in [3.8, 4) is 11.5 Å². The van der Waals surface area contributed by atoms with Crippen molar-refractivity contribution in [3.05, 3.63) is 57.5 Å². The van der Waals surface area contributed by atoms with Crippen molar-refractivity contribution >= 4 is 27.5 Å². The second-order valence-electron chi connectivity index (χ2n) is 3.82. The van der Waals surface area contributed by atoms with Gasteiger partial charge in [-0.25, -0.2) is 0 Å². The lowest BCUT2D eigenvalue weighted by atomic mass is 10.1. The quantitative estimate of drug-likeness (QED) is 0.904. The third-order valence-corrected chi connectivity index (χ3v) is 3.35. The molecule has 2 aromatic rings. The Bertz CT molecular complexity index is 545. The van der Waals surface area contributed by atoms with Crippen LogP contribution >= 0.6 is 27.5 Å². The van der Waals surface area contributed by atoms with E-state index in [4.69, 9.17) is 22.1 Å². The van der Waals surface area contributed by atoms with Crippen molar-refractivity contribution in [1.29, 1.82) is 0 Å². The van der Waals surface area contributed by atoms with Gasteiger partial charge in [0, 0.05) is 5.02 Å². The van der Waals surface area contributed by atoms with Gasteiger partial charge in [0.2, 0.25) is 0 Å². The fourth-order valence-corrected chi connectivity index (χ4v) is 2.41. The van der Waals surface area contributed by atoms with E-state index in [1.807, 2.05) is 36.4 Å². The lowest BCUT2D eigenvalue weighted by Gasteiger charge is -2.11. The van der Waals surface area contributed by atoms with Gasteiger partial charge in [0.25, 0.3) is 0 Å². The van der Waals surface area contributed by atoms with Gasteiger partial charge < -0.3 is 10.5 Å². The normalized spacial score (nSPS) is 10.4. The minimum Gasteiger partial charge on any atom is -0.456 e. The van der Waals surface area contributed by atoms with Crippen molar-refractivity contribution in [3.63, 3.8) is 0 Å². The highest BCUT2D eigenvalue weighted by atomic mass is 79.9. The fourth-order valence-electron chi connectivity index (χ4n) is 1.64. The van der Waals surface area contributed by atoms with Crippen LogP contribution in [0.2, 0.25) is 5.02 Å². The second kappa shape index (κ2) is 6.23. The average molecular weight is 327 g/mol. The molecule has 0 saturated carbocycles. The first kappa shape index (κ1) is 13.4. The van der Waals surface area contributed by atoms with Gasteiger partial charge in [-0.3, -0.25) is 0 Å². The molecule has 2 nitrogen and oxygen atoms in total. The van der Waals surface area contributed by atoms with Gasteiger partial charge in [-0.05, 0) is 58.7 Å². The Hall–Kier alpha value is -1.03. The Labute approximate surface area is 120 Å². The highest BCUT2D eigenvalue weighted by molar-refractivity contribution is 9.10. The standard InChI is InChI=1S/C14H13BrClNO/c15-12-9-11(16)5-6-14(12)18-13-4-2-1-3-10(13)7-8-17/h1-6,9H,7-8,17H2. The molecule has 0 radical (unpaired) electrons. The number of ether oxygens (including phenoxy) is 1. The zero-order valence-electron chi connectivity index (χ0n) is 9.70. The number of hydrogen-bond donors (Lipinski definition) is 1. The summed E-state index contributed by atoms with van der Waals surface area (Å²) in [6, 6.07) is 13.3. The number of rotatable bonds is 4. The first-order valence-electron chi connectivity index (χ1n) is 5.61. The molecule has 0 fully saturated rings. The SMILES string of the molecule is NCCc1ccccc1Oc1ccc(Cl)cc1Br. The minimum atomic E-state index is 0.599. The Balaban J connectivity index is 2.28. The minimum absolute atomic E-state index is 0.599. The van der Waals surface area contributed by atoms with Crippen LogP contribution in [0.3, 0.4) is 0 Å². The summed E-state index contributed by atoms with van der Waals surface area (Å²) in [4.78, 5) is 0. The summed E-state index contributed by atoms with van der Waals surface area (Å²) < 4.78 is 6.72. The maximum absolute atomic E-state index is 5.90. The van der Waals surface area contributed by atoms with Crippen LogP contribution in [0.5, 0.6) is 11.5 Å². The lowest BCUT2D eigenvalue weighted by molar-refractivity contribution is 0.473. The third-order valence-electron chi connectivity index (χ3n) is 2.50. The van der Waals surface area contributed by atoms with Crippen molar-refractivity contribution in [2.24, 2.45) is 5.73 Å². The summed E-state index contributed by atoms with van der Waals surface area (Å²) in [5.74, 6) is 1.56. The predicted molar refractivity (Wildman–Crippen MR) is 78.4 cm³/mol. The molecule has 0 amide bonds. The molecule has 0 aromatic heterocycles. The lowest BCUT2D eigenvalue weighted by Crippen LogP contribution is -2.03. The van der Waals surface area contributed by atoms with E-state index in [9.17, 15) is 0 Å². The molecule has 0 aliphatic rings. The van der Waals surface area contributed by atoms with E-state index in [0.29, 0.717) is 11.6 Å². The first-order valence-corrected chi connectivity index (χ1v) is 6.78. The Morgan fingerprint density at radius 1 is 1.11 bits per heavy atom. The summed E-state index contributed by atoms with van der Waals surface area (Å²) in [5, 5.41) is 0.671. The third kappa shape index (κ3) is 3.25. The second-order valence-corrected chi connectivity index (χ2v) is 5.11. The predicted octanol–water partition coefficient (Wildman–Crippen LogP) is 4.40. The van der Waals surface area contributed by atoms with E-state index in [1.54, 1.807) is 6.07 Å². The van der Waals surface area contributed by atoms with Crippen molar-refractivity contribution < 1.29 is 4.74 Å². The van der Waals surface area contributed by atoms with E-state index in [0.717, 1.165) is 28.0 Å². The zero-order valence-corrected chi connectivity index (χ0v) is 12.0. The zero-order chi connectivity index (χ0) is 13.0. The molecule has 4 heteroatoms. The smallest absolute Gasteiger partial charge is 0.141 e. The average Bonchev–Trinajstić information content (AvgIpc) is 2.35. The first-order chi connectivity index (χ1) is 8.70. The molecule has 0 aliphatic carbocycles. The van der Waals surface area contributed by atoms with Gasteiger partial charge >= 0.3 is 0 Å². The van der Waals surface area contributed by atoms with Crippen LogP contribution in [-0.2, 0) is 6.42 Å². The van der Waals surface area contributed by atoms with Crippen molar-refractivity contribution in [2.45, 2.75) is 6.42 Å². The van der Waals surface area contributed by atoms with Gasteiger partial charge in [0.1, 0.15) is 11.5 Å². The summed E-state index contributed by atoms with van der Waals surface area (Å²) >= 11 is 9.33. The van der Waals surface area contributed by atoms with Gasteiger partial charge in [-0.2, -0.15) is 0 Å². The van der Waals surface area contributed by atoms with Crippen molar-refractivity contribution in [1.82, 2.24) is 0 Å². The van der Waals surface area contributed by atoms with Crippen LogP contribution in [0.15, 0.2) is 46.9 Å². The molecule has 2 N–H and O–H groups in total. The molecule has 0 aliphatic heterocycles. The fraction of sp³-hybridized carbons (Fsp3) is 0.143. The maximum atomic E-state index is 5.90. The number of halogens is 2. The van der Waals surface area contributed by atoms with E-state index in [1.165, 1.54) is 0 Å². The molecule has 0 saturated heterocycles. The molecule has 94 valence electrons. The highest BCUT2D eigenvalue weighted by Gasteiger charge is 2.07. The number of para-hydroxylation sites is 1. The largest absolute Gasteiger partial charge is 0.456 e. The molecule has 0 bridgehead atoms. The molecule has 2 aromatic carbocycles. The molecule has 0 spiro atoms. The molecule has 0 atom stereocenters. The van der Waals surface area contributed by atoms with Crippen molar-refractivity contribution in [2.75, 3.05) is 6.54 Å². The highest BCUT2D eigenvalue weighted by Crippen LogP contribution is 2.33. The molecular weight excluding hydrogens is 314 g/mol.